The highest BCUT2D eigenvalue weighted by molar-refractivity contribution is 8.00. The Balaban J connectivity index is 0.000000184. The molecule has 0 unspecified atom stereocenters. The standard InChI is InChI=1S/C6H7NOS.CH2O2S/c8-5-4-6-7(5)2-1-3-9-6;2-1(3)4/h1-2,6H,3-4H2;4H,(H,2,3)/t6-;/m1./s1. The normalized spacial score (nSPS) is 23.9. The minimum absolute atomic E-state index is 0.267. The molecule has 2 aliphatic rings. The van der Waals surface area contributed by atoms with Crippen molar-refractivity contribution in [2.75, 3.05) is 5.75 Å². The summed E-state index contributed by atoms with van der Waals surface area (Å²) in [5, 5.41) is 6.62. The summed E-state index contributed by atoms with van der Waals surface area (Å²) < 4.78 is 0. The predicted molar refractivity (Wildman–Crippen MR) is 53.9 cm³/mol. The zero-order valence-electron chi connectivity index (χ0n) is 6.71. The van der Waals surface area contributed by atoms with Crippen LogP contribution < -0.4 is 0 Å². The van der Waals surface area contributed by atoms with Gasteiger partial charge in [0.05, 0.1) is 11.8 Å². The molecule has 1 N–H and O–H groups in total. The largest absolute Gasteiger partial charge is 0.473 e. The van der Waals surface area contributed by atoms with Crippen molar-refractivity contribution in [1.29, 1.82) is 0 Å². The van der Waals surface area contributed by atoms with Gasteiger partial charge in [0.1, 0.15) is 0 Å². The fourth-order valence-electron chi connectivity index (χ4n) is 1.04. The van der Waals surface area contributed by atoms with Crippen LogP contribution in [0.1, 0.15) is 6.42 Å². The number of carbonyl (C=O) groups is 2. The Morgan fingerprint density at radius 3 is 2.77 bits per heavy atom. The van der Waals surface area contributed by atoms with E-state index in [1.165, 1.54) is 0 Å². The van der Waals surface area contributed by atoms with Gasteiger partial charge in [0.15, 0.2) is 0 Å². The van der Waals surface area contributed by atoms with Crippen LogP contribution in [0.5, 0.6) is 0 Å². The third-order valence-corrected chi connectivity index (χ3v) is 2.76. The lowest BCUT2D eigenvalue weighted by Gasteiger charge is -2.39. The maximum Gasteiger partial charge on any atom is 0.361 e. The number of β-lactam (4-membered cyclic amide) rings is 1. The lowest BCUT2D eigenvalue weighted by Crippen LogP contribution is -2.48. The van der Waals surface area contributed by atoms with Crippen molar-refractivity contribution in [3.05, 3.63) is 12.3 Å². The second-order valence-electron chi connectivity index (χ2n) is 2.46. The van der Waals surface area contributed by atoms with Crippen LogP contribution in [0.25, 0.3) is 0 Å². The van der Waals surface area contributed by atoms with Crippen molar-refractivity contribution >= 4 is 35.6 Å². The summed E-state index contributed by atoms with van der Waals surface area (Å²) >= 11 is 4.72. The van der Waals surface area contributed by atoms with Gasteiger partial charge in [-0.3, -0.25) is 4.79 Å². The molecule has 0 aromatic heterocycles. The maximum atomic E-state index is 10.7. The molecule has 0 aliphatic carbocycles. The number of nitrogens with zero attached hydrogens (tertiary/aromatic N) is 1. The molecular formula is C7H9NO3S2. The summed E-state index contributed by atoms with van der Waals surface area (Å²) in [6.45, 7) is 0. The number of thioether (sulfide) groups is 1. The number of hydrogen-bond donors (Lipinski definition) is 2. The zero-order chi connectivity index (χ0) is 9.84. The van der Waals surface area contributed by atoms with E-state index in [2.05, 4.69) is 12.6 Å². The van der Waals surface area contributed by atoms with Crippen LogP contribution >= 0.6 is 24.4 Å². The van der Waals surface area contributed by atoms with Crippen LogP contribution in [0.4, 0.5) is 4.79 Å². The predicted octanol–water partition coefficient (Wildman–Crippen LogP) is 1.40. The molecule has 13 heavy (non-hydrogen) atoms. The van der Waals surface area contributed by atoms with Gasteiger partial charge < -0.3 is 10.0 Å². The topological polar surface area (TPSA) is 57.6 Å². The molecule has 0 aromatic rings. The molecule has 6 heteroatoms. The van der Waals surface area contributed by atoms with Gasteiger partial charge in [0, 0.05) is 12.0 Å². The average Bonchev–Trinajstić information content (AvgIpc) is 2.02. The molecule has 4 nitrogen and oxygen atoms in total. The monoisotopic (exact) mass is 219 g/mol. The third-order valence-electron chi connectivity index (χ3n) is 1.60. The van der Waals surface area contributed by atoms with Gasteiger partial charge in [0.25, 0.3) is 0 Å². The summed E-state index contributed by atoms with van der Waals surface area (Å²) in [7, 11) is 0. The Labute approximate surface area is 85.4 Å². The van der Waals surface area contributed by atoms with Gasteiger partial charge >= 0.3 is 5.30 Å². The molecule has 1 saturated heterocycles. The van der Waals surface area contributed by atoms with Crippen LogP contribution in [0, 0.1) is 0 Å². The van der Waals surface area contributed by atoms with E-state index >= 15 is 0 Å². The molecule has 1 amide bonds. The van der Waals surface area contributed by atoms with Gasteiger partial charge in [-0.1, -0.05) is 18.7 Å². The second kappa shape index (κ2) is 4.57. The Bertz CT molecular complexity index is 250. The van der Waals surface area contributed by atoms with E-state index in [1.807, 2.05) is 24.0 Å². The number of carbonyl (C=O) groups excluding carboxylic acids is 1. The number of rotatable bonds is 0. The second-order valence-corrected chi connectivity index (χ2v) is 4.05. The van der Waals surface area contributed by atoms with Gasteiger partial charge in [-0.05, 0) is 0 Å². The van der Waals surface area contributed by atoms with Gasteiger partial charge in [0.2, 0.25) is 5.91 Å². The quantitative estimate of drug-likeness (QED) is 0.477. The summed E-state index contributed by atoms with van der Waals surface area (Å²) in [6, 6.07) is 0. The summed E-state index contributed by atoms with van der Waals surface area (Å²) in [5.41, 5.74) is 0. The molecule has 2 heterocycles. The van der Waals surface area contributed by atoms with E-state index in [9.17, 15) is 4.79 Å². The average molecular weight is 219 g/mol. The van der Waals surface area contributed by atoms with Gasteiger partial charge in [-0.15, -0.1) is 11.8 Å². The molecule has 0 saturated carbocycles. The lowest BCUT2D eigenvalue weighted by molar-refractivity contribution is -0.137. The van der Waals surface area contributed by atoms with Crippen molar-refractivity contribution in [3.8, 4) is 0 Å². The van der Waals surface area contributed by atoms with Crippen molar-refractivity contribution in [3.63, 3.8) is 0 Å². The third kappa shape index (κ3) is 2.96. The molecular weight excluding hydrogens is 210 g/mol. The Morgan fingerprint density at radius 2 is 2.38 bits per heavy atom. The van der Waals surface area contributed by atoms with E-state index < -0.39 is 5.30 Å². The molecule has 0 aromatic carbocycles. The van der Waals surface area contributed by atoms with Gasteiger partial charge in [-0.25, -0.2) is 4.79 Å². The maximum absolute atomic E-state index is 10.7. The molecule has 0 radical (unpaired) electrons. The first-order valence-electron chi connectivity index (χ1n) is 3.62. The van der Waals surface area contributed by atoms with Crippen molar-refractivity contribution in [1.82, 2.24) is 4.90 Å². The van der Waals surface area contributed by atoms with E-state index in [0.717, 1.165) is 12.2 Å². The fourth-order valence-corrected chi connectivity index (χ4v) is 2.07. The number of fused-ring (bicyclic) bond motifs is 1. The minimum Gasteiger partial charge on any atom is -0.473 e. The number of carboxylic acid groups (broad SMARTS) is 1. The first kappa shape index (κ1) is 10.5. The molecule has 2 aliphatic heterocycles. The van der Waals surface area contributed by atoms with Crippen LogP contribution in [0.2, 0.25) is 0 Å². The Kier molecular flexibility index (Phi) is 3.68. The summed E-state index contributed by atoms with van der Waals surface area (Å²) in [4.78, 5) is 21.4. The van der Waals surface area contributed by atoms with E-state index in [0.29, 0.717) is 5.37 Å². The lowest BCUT2D eigenvalue weighted by atomic mass is 10.2. The first-order chi connectivity index (χ1) is 6.11. The van der Waals surface area contributed by atoms with Crippen LogP contribution in [-0.2, 0) is 4.79 Å². The minimum atomic E-state index is -1.14. The molecule has 0 spiro atoms. The van der Waals surface area contributed by atoms with Crippen LogP contribution in [0.15, 0.2) is 12.3 Å². The molecule has 1 atom stereocenters. The molecule has 0 bridgehead atoms. The van der Waals surface area contributed by atoms with Crippen LogP contribution in [0.3, 0.4) is 0 Å². The van der Waals surface area contributed by atoms with Crippen LogP contribution in [-0.4, -0.2) is 32.3 Å². The van der Waals surface area contributed by atoms with Crippen molar-refractivity contribution < 1.29 is 14.7 Å². The molecule has 1 fully saturated rings. The van der Waals surface area contributed by atoms with E-state index in [4.69, 9.17) is 9.90 Å². The fraction of sp³-hybridized carbons (Fsp3) is 0.429. The Morgan fingerprint density at radius 1 is 1.77 bits per heavy atom. The molecule has 72 valence electrons. The van der Waals surface area contributed by atoms with Crippen molar-refractivity contribution in [2.24, 2.45) is 0 Å². The first-order valence-corrected chi connectivity index (χ1v) is 5.12. The zero-order valence-corrected chi connectivity index (χ0v) is 8.42. The molecule has 2 rings (SSSR count). The van der Waals surface area contributed by atoms with E-state index in [-0.39, 0.29) is 5.91 Å². The van der Waals surface area contributed by atoms with Crippen molar-refractivity contribution in [2.45, 2.75) is 11.8 Å². The number of thiol groups is 1. The summed E-state index contributed by atoms with van der Waals surface area (Å²) in [5.74, 6) is 1.33. The Hall–Kier alpha value is -0.620. The van der Waals surface area contributed by atoms with E-state index in [1.54, 1.807) is 4.90 Å². The number of hydrogen-bond acceptors (Lipinski definition) is 3. The smallest absolute Gasteiger partial charge is 0.361 e. The highest BCUT2D eigenvalue weighted by Gasteiger charge is 2.35. The van der Waals surface area contributed by atoms with Gasteiger partial charge in [-0.2, -0.15) is 0 Å². The highest BCUT2D eigenvalue weighted by Crippen LogP contribution is 2.32. The number of amides is 1. The highest BCUT2D eigenvalue weighted by atomic mass is 32.2. The SMILES string of the molecule is O=C(O)S.O=C1C[C@H]2SCC=CN12. The summed E-state index contributed by atoms with van der Waals surface area (Å²) in [6.07, 6.45) is 4.67.